The highest BCUT2D eigenvalue weighted by atomic mass is 79.9. The van der Waals surface area contributed by atoms with Crippen LogP contribution >= 0.6 is 27.3 Å². The first kappa shape index (κ1) is 14.0. The summed E-state index contributed by atoms with van der Waals surface area (Å²) in [7, 11) is 0. The molecule has 2 rings (SSSR count). The highest BCUT2D eigenvalue weighted by Gasteiger charge is 2.12. The van der Waals surface area contributed by atoms with E-state index in [1.165, 1.54) is 18.3 Å². The molecule has 3 nitrogen and oxygen atoms in total. The average Bonchev–Trinajstić information content (AvgIpc) is 2.83. The molecular weight excluding hydrogens is 328 g/mol. The van der Waals surface area contributed by atoms with Crippen LogP contribution in [0.5, 0.6) is 5.75 Å². The largest absolute Gasteiger partial charge is 0.485 e. The van der Waals surface area contributed by atoms with Crippen LogP contribution in [0, 0.1) is 0 Å². The number of thiophene rings is 1. The van der Waals surface area contributed by atoms with Crippen molar-refractivity contribution in [1.29, 1.82) is 0 Å². The van der Waals surface area contributed by atoms with Gasteiger partial charge in [-0.3, -0.25) is 9.59 Å². The number of benzene rings is 1. The number of Topliss-reactive ketones (excluding diaryl/α,β-unsaturated/α-hetero) is 2. The number of carbonyl (C=O) groups excluding carboxylic acids is 2. The Labute approximate surface area is 123 Å². The predicted molar refractivity (Wildman–Crippen MR) is 78.3 cm³/mol. The number of hydrogen-bond donors (Lipinski definition) is 0. The van der Waals surface area contributed by atoms with Crippen molar-refractivity contribution in [3.8, 4) is 5.75 Å². The first-order valence-electron chi connectivity index (χ1n) is 5.58. The second-order valence-corrected chi connectivity index (χ2v) is 5.66. The molecule has 98 valence electrons. The molecule has 0 spiro atoms. The van der Waals surface area contributed by atoms with Gasteiger partial charge in [-0.1, -0.05) is 0 Å². The van der Waals surface area contributed by atoms with Crippen molar-refractivity contribution < 1.29 is 14.3 Å². The van der Waals surface area contributed by atoms with E-state index in [0.29, 0.717) is 16.2 Å². The number of halogens is 1. The molecule has 0 unspecified atom stereocenters. The van der Waals surface area contributed by atoms with Gasteiger partial charge in [-0.15, -0.1) is 11.3 Å². The molecule has 5 heteroatoms. The van der Waals surface area contributed by atoms with Crippen LogP contribution in [-0.4, -0.2) is 18.2 Å². The van der Waals surface area contributed by atoms with Crippen LogP contribution in [0.25, 0.3) is 0 Å². The molecule has 0 fully saturated rings. The SMILES string of the molecule is CC(=O)c1ccc(OCC(=O)c2sccc2Br)cc1. The van der Waals surface area contributed by atoms with Gasteiger partial charge in [0.15, 0.2) is 12.4 Å². The molecule has 0 amide bonds. The molecule has 0 saturated heterocycles. The quantitative estimate of drug-likeness (QED) is 0.774. The fourth-order valence-electron chi connectivity index (χ4n) is 1.49. The molecule has 0 bridgehead atoms. The third-order valence-corrected chi connectivity index (χ3v) is 4.38. The minimum absolute atomic E-state index is 0.00476. The summed E-state index contributed by atoms with van der Waals surface area (Å²) < 4.78 is 6.20. The van der Waals surface area contributed by atoms with Crippen molar-refractivity contribution in [2.45, 2.75) is 6.92 Å². The Morgan fingerprint density at radius 2 is 1.89 bits per heavy atom. The van der Waals surface area contributed by atoms with Crippen molar-refractivity contribution >= 4 is 38.8 Å². The van der Waals surface area contributed by atoms with Crippen LogP contribution in [-0.2, 0) is 0 Å². The van der Waals surface area contributed by atoms with Crippen LogP contribution in [0.4, 0.5) is 0 Å². The molecule has 0 radical (unpaired) electrons. The Balaban J connectivity index is 1.97. The van der Waals surface area contributed by atoms with E-state index in [0.717, 1.165) is 4.47 Å². The molecule has 0 saturated carbocycles. The summed E-state index contributed by atoms with van der Waals surface area (Å²) in [5.74, 6) is 0.508. The van der Waals surface area contributed by atoms with Gasteiger partial charge in [-0.25, -0.2) is 0 Å². The van der Waals surface area contributed by atoms with Gasteiger partial charge in [0.25, 0.3) is 0 Å². The maximum atomic E-state index is 11.9. The third kappa shape index (κ3) is 3.52. The molecule has 0 N–H and O–H groups in total. The second kappa shape index (κ2) is 6.12. The van der Waals surface area contributed by atoms with Crippen molar-refractivity contribution in [1.82, 2.24) is 0 Å². The van der Waals surface area contributed by atoms with E-state index in [1.54, 1.807) is 24.3 Å². The lowest BCUT2D eigenvalue weighted by Gasteiger charge is -2.05. The number of rotatable bonds is 5. The number of hydrogen-bond acceptors (Lipinski definition) is 4. The Kier molecular flexibility index (Phi) is 4.50. The maximum Gasteiger partial charge on any atom is 0.211 e. The van der Waals surface area contributed by atoms with E-state index in [-0.39, 0.29) is 18.2 Å². The maximum absolute atomic E-state index is 11.9. The smallest absolute Gasteiger partial charge is 0.211 e. The van der Waals surface area contributed by atoms with Gasteiger partial charge < -0.3 is 4.74 Å². The zero-order valence-corrected chi connectivity index (χ0v) is 12.6. The summed E-state index contributed by atoms with van der Waals surface area (Å²) in [4.78, 5) is 23.6. The van der Waals surface area contributed by atoms with E-state index in [4.69, 9.17) is 4.74 Å². The fourth-order valence-corrected chi connectivity index (χ4v) is 3.01. The number of ether oxygens (including phenoxy) is 1. The second-order valence-electron chi connectivity index (χ2n) is 3.89. The van der Waals surface area contributed by atoms with E-state index in [2.05, 4.69) is 15.9 Å². The summed E-state index contributed by atoms with van der Waals surface area (Å²) in [5.41, 5.74) is 0.625. The molecule has 1 aromatic carbocycles. The Morgan fingerprint density at radius 3 is 2.42 bits per heavy atom. The van der Waals surface area contributed by atoms with Crippen LogP contribution in [0.2, 0.25) is 0 Å². The molecule has 0 aliphatic carbocycles. The monoisotopic (exact) mass is 338 g/mol. The molecule has 0 aliphatic rings. The predicted octanol–water partition coefficient (Wildman–Crippen LogP) is 3.97. The zero-order valence-electron chi connectivity index (χ0n) is 10.2. The van der Waals surface area contributed by atoms with E-state index < -0.39 is 0 Å². The van der Waals surface area contributed by atoms with Crippen LogP contribution in [0.15, 0.2) is 40.2 Å². The Morgan fingerprint density at radius 1 is 1.21 bits per heavy atom. The highest BCUT2D eigenvalue weighted by molar-refractivity contribution is 9.10. The van der Waals surface area contributed by atoms with Crippen molar-refractivity contribution in [3.05, 3.63) is 50.6 Å². The van der Waals surface area contributed by atoms with Crippen LogP contribution in [0.1, 0.15) is 27.0 Å². The molecule has 0 atom stereocenters. The summed E-state index contributed by atoms with van der Waals surface area (Å²) in [6.07, 6.45) is 0. The molecular formula is C14H11BrO3S. The molecule has 19 heavy (non-hydrogen) atoms. The summed E-state index contributed by atoms with van der Waals surface area (Å²) in [5, 5.41) is 1.85. The van der Waals surface area contributed by atoms with Crippen LogP contribution in [0.3, 0.4) is 0 Å². The Hall–Kier alpha value is -1.46. The fraction of sp³-hybridized carbons (Fsp3) is 0.143. The highest BCUT2D eigenvalue weighted by Crippen LogP contribution is 2.23. The first-order chi connectivity index (χ1) is 9.08. The lowest BCUT2D eigenvalue weighted by molar-refractivity contribution is 0.0923. The standard InChI is InChI=1S/C14H11BrO3S/c1-9(16)10-2-4-11(5-3-10)18-8-13(17)14-12(15)6-7-19-14/h2-7H,8H2,1H3. The van der Waals surface area contributed by atoms with Gasteiger partial charge >= 0.3 is 0 Å². The number of carbonyl (C=O) groups is 2. The van der Waals surface area contributed by atoms with Gasteiger partial charge in [0.2, 0.25) is 5.78 Å². The lowest BCUT2D eigenvalue weighted by atomic mass is 10.1. The van der Waals surface area contributed by atoms with E-state index in [1.807, 2.05) is 11.4 Å². The number of ketones is 2. The van der Waals surface area contributed by atoms with Crippen LogP contribution < -0.4 is 4.74 Å². The zero-order chi connectivity index (χ0) is 13.8. The molecule has 0 aliphatic heterocycles. The van der Waals surface area contributed by atoms with Gasteiger partial charge in [0, 0.05) is 10.0 Å². The average molecular weight is 339 g/mol. The Bertz CT molecular complexity index is 601. The minimum Gasteiger partial charge on any atom is -0.485 e. The van der Waals surface area contributed by atoms with Gasteiger partial charge in [-0.05, 0) is 58.6 Å². The van der Waals surface area contributed by atoms with Crippen molar-refractivity contribution in [2.75, 3.05) is 6.61 Å². The van der Waals surface area contributed by atoms with Crippen molar-refractivity contribution in [2.24, 2.45) is 0 Å². The topological polar surface area (TPSA) is 43.4 Å². The van der Waals surface area contributed by atoms with Gasteiger partial charge in [0.05, 0.1) is 4.88 Å². The third-order valence-electron chi connectivity index (χ3n) is 2.50. The van der Waals surface area contributed by atoms with Gasteiger partial charge in [0.1, 0.15) is 5.75 Å². The normalized spacial score (nSPS) is 10.2. The van der Waals surface area contributed by atoms with E-state index >= 15 is 0 Å². The lowest BCUT2D eigenvalue weighted by Crippen LogP contribution is -2.10. The first-order valence-corrected chi connectivity index (χ1v) is 7.25. The minimum atomic E-state index is -0.0717. The summed E-state index contributed by atoms with van der Waals surface area (Å²) in [6, 6.07) is 8.58. The molecule has 2 aromatic rings. The summed E-state index contributed by atoms with van der Waals surface area (Å²) in [6.45, 7) is 1.49. The van der Waals surface area contributed by atoms with Crippen molar-refractivity contribution in [3.63, 3.8) is 0 Å². The molecule has 1 aromatic heterocycles. The van der Waals surface area contributed by atoms with Gasteiger partial charge in [-0.2, -0.15) is 0 Å². The summed E-state index contributed by atoms with van der Waals surface area (Å²) >= 11 is 4.69. The van der Waals surface area contributed by atoms with E-state index in [9.17, 15) is 9.59 Å². The molecule has 1 heterocycles.